The first-order valence-corrected chi connectivity index (χ1v) is 8.21. The summed E-state index contributed by atoms with van der Waals surface area (Å²) in [6, 6.07) is 9.95. The van der Waals surface area contributed by atoms with Gasteiger partial charge in [-0.3, -0.25) is 9.59 Å². The number of anilines is 1. The topological polar surface area (TPSA) is 73.6 Å². The number of piperazine rings is 1. The number of carbonyl (C=O) groups excluding carboxylic acids is 2. The lowest BCUT2D eigenvalue weighted by atomic mass is 9.80. The molecule has 0 saturated carbocycles. The van der Waals surface area contributed by atoms with E-state index in [2.05, 4.69) is 6.07 Å². The first-order valence-electron chi connectivity index (χ1n) is 8.21. The molecule has 0 atom stereocenters. The first kappa shape index (κ1) is 16.5. The Hall–Kier alpha value is -2.39. The lowest BCUT2D eigenvalue weighted by molar-refractivity contribution is -0.146. The lowest BCUT2D eigenvalue weighted by Crippen LogP contribution is -2.56. The summed E-state index contributed by atoms with van der Waals surface area (Å²) in [5.74, 6) is -0.344. The average Bonchev–Trinajstić information content (AvgIpc) is 2.62. The number of carbonyl (C=O) groups is 2. The molecule has 24 heavy (non-hydrogen) atoms. The van der Waals surface area contributed by atoms with Gasteiger partial charge in [0, 0.05) is 32.0 Å². The highest BCUT2D eigenvalue weighted by Gasteiger charge is 2.44. The van der Waals surface area contributed by atoms with Crippen molar-refractivity contribution < 1.29 is 14.3 Å². The summed E-state index contributed by atoms with van der Waals surface area (Å²) in [6.07, 6.45) is 0.795. The highest BCUT2D eigenvalue weighted by molar-refractivity contribution is 5.99. The number of nitriles is 1. The van der Waals surface area contributed by atoms with Gasteiger partial charge in [0.2, 0.25) is 11.8 Å². The van der Waals surface area contributed by atoms with E-state index in [-0.39, 0.29) is 18.4 Å². The third-order valence-corrected chi connectivity index (χ3v) is 4.82. The smallest absolute Gasteiger partial charge is 0.246 e. The van der Waals surface area contributed by atoms with Crippen LogP contribution in [-0.4, -0.2) is 49.6 Å². The summed E-state index contributed by atoms with van der Waals surface area (Å²) in [4.78, 5) is 28.5. The van der Waals surface area contributed by atoms with E-state index in [0.29, 0.717) is 39.1 Å². The van der Waals surface area contributed by atoms with E-state index in [1.165, 1.54) is 4.90 Å². The molecule has 2 amide bonds. The van der Waals surface area contributed by atoms with E-state index in [1.54, 1.807) is 4.90 Å². The van der Waals surface area contributed by atoms with Crippen molar-refractivity contribution in [3.8, 4) is 6.07 Å². The van der Waals surface area contributed by atoms with E-state index < -0.39 is 5.41 Å². The minimum absolute atomic E-state index is 0.0248. The van der Waals surface area contributed by atoms with Gasteiger partial charge in [-0.05, 0) is 31.9 Å². The standard InChI is InChI=1S/C18H21N3O3/c1-14-2-4-15(5-3-14)21-9-8-20(12-16(21)22)17(23)18(13-19)6-10-24-11-7-18/h2-5H,6-12H2,1H3. The Morgan fingerprint density at radius 3 is 2.46 bits per heavy atom. The molecule has 2 heterocycles. The predicted molar refractivity (Wildman–Crippen MR) is 88.2 cm³/mol. The molecule has 0 radical (unpaired) electrons. The fraction of sp³-hybridized carbons (Fsp3) is 0.500. The van der Waals surface area contributed by atoms with Gasteiger partial charge in [-0.25, -0.2) is 0 Å². The molecule has 126 valence electrons. The van der Waals surface area contributed by atoms with E-state index >= 15 is 0 Å². The molecular weight excluding hydrogens is 306 g/mol. The fourth-order valence-corrected chi connectivity index (χ4v) is 3.24. The monoisotopic (exact) mass is 327 g/mol. The Kier molecular flexibility index (Phi) is 4.54. The quantitative estimate of drug-likeness (QED) is 0.825. The third-order valence-electron chi connectivity index (χ3n) is 4.82. The van der Waals surface area contributed by atoms with Crippen LogP contribution in [0.15, 0.2) is 24.3 Å². The van der Waals surface area contributed by atoms with Crippen molar-refractivity contribution in [1.29, 1.82) is 5.26 Å². The summed E-state index contributed by atoms with van der Waals surface area (Å²) in [7, 11) is 0. The Bertz CT molecular complexity index is 672. The Morgan fingerprint density at radius 1 is 1.21 bits per heavy atom. The van der Waals surface area contributed by atoms with Gasteiger partial charge < -0.3 is 14.5 Å². The number of hydrogen-bond acceptors (Lipinski definition) is 4. The molecule has 2 saturated heterocycles. The molecule has 6 nitrogen and oxygen atoms in total. The summed E-state index contributed by atoms with van der Waals surface area (Å²) >= 11 is 0. The molecule has 2 fully saturated rings. The average molecular weight is 327 g/mol. The van der Waals surface area contributed by atoms with Crippen LogP contribution >= 0.6 is 0 Å². The second-order valence-electron chi connectivity index (χ2n) is 6.41. The SMILES string of the molecule is Cc1ccc(N2CCN(C(=O)C3(C#N)CCOCC3)CC2=O)cc1. The summed E-state index contributed by atoms with van der Waals surface area (Å²) in [6.45, 7) is 3.75. The zero-order chi connectivity index (χ0) is 17.2. The largest absolute Gasteiger partial charge is 0.381 e. The number of aryl methyl sites for hydroxylation is 1. The first-order chi connectivity index (χ1) is 11.6. The highest BCUT2D eigenvalue weighted by atomic mass is 16.5. The van der Waals surface area contributed by atoms with Gasteiger partial charge in [-0.2, -0.15) is 5.26 Å². The van der Waals surface area contributed by atoms with Crippen molar-refractivity contribution in [3.05, 3.63) is 29.8 Å². The van der Waals surface area contributed by atoms with Crippen molar-refractivity contribution in [2.45, 2.75) is 19.8 Å². The highest BCUT2D eigenvalue weighted by Crippen LogP contribution is 2.32. The zero-order valence-corrected chi connectivity index (χ0v) is 13.8. The van der Waals surface area contributed by atoms with Crippen molar-refractivity contribution in [2.24, 2.45) is 5.41 Å². The molecule has 2 aliphatic heterocycles. The van der Waals surface area contributed by atoms with Crippen LogP contribution in [0.2, 0.25) is 0 Å². The molecule has 0 bridgehead atoms. The normalized spacial score (nSPS) is 20.6. The van der Waals surface area contributed by atoms with Crippen molar-refractivity contribution >= 4 is 17.5 Å². The molecule has 0 spiro atoms. The van der Waals surface area contributed by atoms with Gasteiger partial charge in [-0.15, -0.1) is 0 Å². The van der Waals surface area contributed by atoms with Crippen molar-refractivity contribution in [1.82, 2.24) is 4.90 Å². The van der Waals surface area contributed by atoms with E-state index in [9.17, 15) is 14.9 Å². The number of nitrogens with zero attached hydrogens (tertiary/aromatic N) is 3. The van der Waals surface area contributed by atoms with E-state index in [4.69, 9.17) is 4.74 Å². The maximum Gasteiger partial charge on any atom is 0.246 e. The third kappa shape index (κ3) is 3.00. The summed E-state index contributed by atoms with van der Waals surface area (Å²) < 4.78 is 5.27. The van der Waals surface area contributed by atoms with Gasteiger partial charge >= 0.3 is 0 Å². The minimum atomic E-state index is -1.04. The van der Waals surface area contributed by atoms with Crippen LogP contribution in [0.1, 0.15) is 18.4 Å². The van der Waals surface area contributed by atoms with Crippen LogP contribution in [0.5, 0.6) is 0 Å². The van der Waals surface area contributed by atoms with Gasteiger partial charge in [0.15, 0.2) is 0 Å². The van der Waals surface area contributed by atoms with E-state index in [1.807, 2.05) is 31.2 Å². The maximum absolute atomic E-state index is 12.8. The number of ether oxygens (including phenoxy) is 1. The van der Waals surface area contributed by atoms with Crippen molar-refractivity contribution in [2.75, 3.05) is 37.7 Å². The van der Waals surface area contributed by atoms with Crippen LogP contribution in [0, 0.1) is 23.7 Å². The lowest BCUT2D eigenvalue weighted by Gasteiger charge is -2.39. The van der Waals surface area contributed by atoms with Gasteiger partial charge in [0.05, 0.1) is 6.07 Å². The molecule has 1 aromatic rings. The molecule has 1 aromatic carbocycles. The minimum Gasteiger partial charge on any atom is -0.381 e. The van der Waals surface area contributed by atoms with Gasteiger partial charge in [0.25, 0.3) is 0 Å². The molecular formula is C18H21N3O3. The molecule has 0 unspecified atom stereocenters. The van der Waals surface area contributed by atoms with Crippen LogP contribution in [0.4, 0.5) is 5.69 Å². The Morgan fingerprint density at radius 2 is 1.88 bits per heavy atom. The Labute approximate surface area is 141 Å². The van der Waals surface area contributed by atoms with E-state index in [0.717, 1.165) is 11.3 Å². The van der Waals surface area contributed by atoms with Gasteiger partial charge in [0.1, 0.15) is 12.0 Å². The van der Waals surface area contributed by atoms with Crippen LogP contribution in [0.25, 0.3) is 0 Å². The second-order valence-corrected chi connectivity index (χ2v) is 6.41. The molecule has 3 rings (SSSR count). The molecule has 0 N–H and O–H groups in total. The van der Waals surface area contributed by atoms with Crippen molar-refractivity contribution in [3.63, 3.8) is 0 Å². The summed E-state index contributed by atoms with van der Waals surface area (Å²) in [5, 5.41) is 9.52. The molecule has 0 aliphatic carbocycles. The van der Waals surface area contributed by atoms with Crippen LogP contribution in [0.3, 0.4) is 0 Å². The summed E-state index contributed by atoms with van der Waals surface area (Å²) in [5.41, 5.74) is 0.944. The Balaban J connectivity index is 1.71. The second kappa shape index (κ2) is 6.62. The number of benzene rings is 1. The van der Waals surface area contributed by atoms with Crippen LogP contribution < -0.4 is 4.90 Å². The van der Waals surface area contributed by atoms with Gasteiger partial charge in [-0.1, -0.05) is 17.7 Å². The predicted octanol–water partition coefficient (Wildman–Crippen LogP) is 1.49. The molecule has 0 aromatic heterocycles. The molecule has 6 heteroatoms. The number of rotatable bonds is 2. The number of hydrogen-bond donors (Lipinski definition) is 0. The maximum atomic E-state index is 12.8. The number of amides is 2. The fourth-order valence-electron chi connectivity index (χ4n) is 3.24. The zero-order valence-electron chi connectivity index (χ0n) is 13.8. The van der Waals surface area contributed by atoms with Crippen LogP contribution in [-0.2, 0) is 14.3 Å². The molecule has 2 aliphatic rings.